The molecule has 0 amide bonds. The summed E-state index contributed by atoms with van der Waals surface area (Å²) in [4.78, 5) is 6.72. The minimum Gasteiger partial charge on any atom is -0.459 e. The Labute approximate surface area is 221 Å². The van der Waals surface area contributed by atoms with Gasteiger partial charge in [-0.25, -0.2) is 0 Å². The molecule has 0 spiro atoms. The van der Waals surface area contributed by atoms with Crippen molar-refractivity contribution < 1.29 is 9.15 Å². The Balaban J connectivity index is 1.36. The Kier molecular flexibility index (Phi) is 6.16. The third kappa shape index (κ3) is 4.59. The van der Waals surface area contributed by atoms with Gasteiger partial charge in [0.15, 0.2) is 5.11 Å². The standard InChI is InChI=1S/C31H25N3O2S/c1-21-9-5-6-13-26(21)35-24-16-14-23(15-17-24)34-30(29(33-31(34)37)25-12-7-8-20-32-25)28-19-18-27(36-28)22-10-3-2-4-11-22/h2-20,29-30H,1H3,(H,33,37). The van der Waals surface area contributed by atoms with E-state index in [-0.39, 0.29) is 12.1 Å². The van der Waals surface area contributed by atoms with Crippen LogP contribution in [0.5, 0.6) is 11.5 Å². The van der Waals surface area contributed by atoms with Crippen LogP contribution in [0.25, 0.3) is 11.3 Å². The van der Waals surface area contributed by atoms with Crippen molar-refractivity contribution in [3.63, 3.8) is 0 Å². The smallest absolute Gasteiger partial charge is 0.174 e. The first-order valence-electron chi connectivity index (χ1n) is 12.2. The topological polar surface area (TPSA) is 50.5 Å². The zero-order chi connectivity index (χ0) is 25.2. The molecule has 3 heterocycles. The first kappa shape index (κ1) is 23.0. The predicted molar refractivity (Wildman–Crippen MR) is 150 cm³/mol. The largest absolute Gasteiger partial charge is 0.459 e. The molecule has 37 heavy (non-hydrogen) atoms. The highest BCUT2D eigenvalue weighted by molar-refractivity contribution is 7.80. The molecule has 0 radical (unpaired) electrons. The summed E-state index contributed by atoms with van der Waals surface area (Å²) in [6.07, 6.45) is 1.80. The van der Waals surface area contributed by atoms with Gasteiger partial charge >= 0.3 is 0 Å². The van der Waals surface area contributed by atoms with E-state index < -0.39 is 0 Å². The normalized spacial score (nSPS) is 17.0. The minimum absolute atomic E-state index is 0.175. The summed E-state index contributed by atoms with van der Waals surface area (Å²) < 4.78 is 12.5. The Morgan fingerprint density at radius 3 is 2.35 bits per heavy atom. The van der Waals surface area contributed by atoms with Gasteiger partial charge in [-0.3, -0.25) is 4.98 Å². The van der Waals surface area contributed by atoms with Gasteiger partial charge in [0.05, 0.1) is 11.7 Å². The van der Waals surface area contributed by atoms with E-state index >= 15 is 0 Å². The van der Waals surface area contributed by atoms with Crippen LogP contribution in [0.2, 0.25) is 0 Å². The predicted octanol–water partition coefficient (Wildman–Crippen LogP) is 7.62. The quantitative estimate of drug-likeness (QED) is 0.241. The van der Waals surface area contributed by atoms with E-state index in [1.54, 1.807) is 6.20 Å². The molecule has 1 aliphatic rings. The molecular weight excluding hydrogens is 478 g/mol. The van der Waals surface area contributed by atoms with E-state index in [1.165, 1.54) is 0 Å². The highest BCUT2D eigenvalue weighted by Crippen LogP contribution is 2.43. The van der Waals surface area contributed by atoms with Gasteiger partial charge in [-0.05, 0) is 79.3 Å². The van der Waals surface area contributed by atoms with E-state index in [0.717, 1.165) is 45.5 Å². The molecule has 6 rings (SSSR count). The summed E-state index contributed by atoms with van der Waals surface area (Å²) in [5.74, 6) is 3.22. The number of aryl methyl sites for hydroxylation is 1. The number of pyridine rings is 1. The average molecular weight is 504 g/mol. The number of para-hydroxylation sites is 1. The lowest BCUT2D eigenvalue weighted by atomic mass is 10.0. The molecule has 1 aliphatic heterocycles. The number of furan rings is 1. The Bertz CT molecular complexity index is 1520. The molecule has 0 bridgehead atoms. The van der Waals surface area contributed by atoms with Crippen molar-refractivity contribution in [3.8, 4) is 22.8 Å². The van der Waals surface area contributed by atoms with Crippen LogP contribution >= 0.6 is 12.2 Å². The molecule has 0 saturated carbocycles. The molecule has 2 aromatic heterocycles. The van der Waals surface area contributed by atoms with E-state index in [1.807, 2.05) is 116 Å². The van der Waals surface area contributed by atoms with Gasteiger partial charge in [0.1, 0.15) is 29.1 Å². The molecule has 2 unspecified atom stereocenters. The number of aromatic nitrogens is 1. The summed E-state index contributed by atoms with van der Waals surface area (Å²) in [5.41, 5.74) is 3.95. The van der Waals surface area contributed by atoms with Gasteiger partial charge in [0.2, 0.25) is 0 Å². The van der Waals surface area contributed by atoms with Crippen molar-refractivity contribution in [2.24, 2.45) is 0 Å². The number of nitrogens with zero attached hydrogens (tertiary/aromatic N) is 2. The van der Waals surface area contributed by atoms with Crippen molar-refractivity contribution in [2.45, 2.75) is 19.0 Å². The molecular formula is C31H25N3O2S. The number of hydrogen-bond acceptors (Lipinski definition) is 4. The molecule has 182 valence electrons. The van der Waals surface area contributed by atoms with Crippen molar-refractivity contribution in [1.29, 1.82) is 0 Å². The number of benzene rings is 3. The minimum atomic E-state index is -0.219. The third-order valence-corrected chi connectivity index (χ3v) is 6.83. The zero-order valence-corrected chi connectivity index (χ0v) is 21.1. The summed E-state index contributed by atoms with van der Waals surface area (Å²) in [5, 5.41) is 4.10. The number of hydrogen-bond donors (Lipinski definition) is 1. The molecule has 6 heteroatoms. The highest BCUT2D eigenvalue weighted by Gasteiger charge is 2.42. The monoisotopic (exact) mass is 503 g/mol. The Hall–Kier alpha value is -4.42. The molecule has 1 N–H and O–H groups in total. The number of nitrogens with one attached hydrogen (secondary N) is 1. The van der Waals surface area contributed by atoms with E-state index in [4.69, 9.17) is 21.4 Å². The van der Waals surface area contributed by atoms with Crippen LogP contribution in [0.15, 0.2) is 120 Å². The first-order chi connectivity index (χ1) is 18.2. The Morgan fingerprint density at radius 2 is 1.59 bits per heavy atom. The molecule has 5 aromatic rings. The Morgan fingerprint density at radius 1 is 0.838 bits per heavy atom. The number of thiocarbonyl (C=S) groups is 1. The molecule has 1 saturated heterocycles. The van der Waals surface area contributed by atoms with E-state index in [2.05, 4.69) is 15.2 Å². The number of rotatable bonds is 6. The molecule has 1 fully saturated rings. The van der Waals surface area contributed by atoms with Crippen LogP contribution in [-0.2, 0) is 0 Å². The third-order valence-electron chi connectivity index (χ3n) is 6.51. The van der Waals surface area contributed by atoms with Crippen molar-refractivity contribution in [1.82, 2.24) is 10.3 Å². The van der Waals surface area contributed by atoms with Crippen molar-refractivity contribution >= 4 is 23.0 Å². The second kappa shape index (κ2) is 9.91. The van der Waals surface area contributed by atoms with E-state index in [0.29, 0.717) is 5.11 Å². The number of anilines is 1. The van der Waals surface area contributed by atoms with Crippen LogP contribution in [0.3, 0.4) is 0 Å². The molecule has 5 nitrogen and oxygen atoms in total. The lowest BCUT2D eigenvalue weighted by Gasteiger charge is -2.26. The first-order valence-corrected chi connectivity index (χ1v) is 12.6. The van der Waals surface area contributed by atoms with Gasteiger partial charge in [-0.2, -0.15) is 0 Å². The van der Waals surface area contributed by atoms with Gasteiger partial charge < -0.3 is 19.4 Å². The lowest BCUT2D eigenvalue weighted by molar-refractivity contribution is 0.439. The fourth-order valence-corrected chi connectivity index (χ4v) is 5.01. The van der Waals surface area contributed by atoms with Crippen LogP contribution in [0.4, 0.5) is 5.69 Å². The summed E-state index contributed by atoms with van der Waals surface area (Å²) in [6, 6.07) is 35.6. The summed E-state index contributed by atoms with van der Waals surface area (Å²) in [7, 11) is 0. The second-order valence-electron chi connectivity index (χ2n) is 8.93. The SMILES string of the molecule is Cc1ccccc1Oc1ccc(N2C(=S)NC(c3ccccn3)C2c2ccc(-c3ccccc3)o2)cc1. The maximum absolute atomic E-state index is 6.43. The molecule has 3 aromatic carbocycles. The fourth-order valence-electron chi connectivity index (χ4n) is 4.66. The maximum Gasteiger partial charge on any atom is 0.174 e. The summed E-state index contributed by atoms with van der Waals surface area (Å²) in [6.45, 7) is 2.04. The van der Waals surface area contributed by atoms with Crippen molar-refractivity contribution in [3.05, 3.63) is 132 Å². The van der Waals surface area contributed by atoms with Crippen LogP contribution in [0, 0.1) is 6.92 Å². The fraction of sp³-hybridized carbons (Fsp3) is 0.0968. The zero-order valence-electron chi connectivity index (χ0n) is 20.2. The van der Waals surface area contributed by atoms with E-state index in [9.17, 15) is 0 Å². The van der Waals surface area contributed by atoms with Crippen LogP contribution in [0.1, 0.15) is 29.1 Å². The van der Waals surface area contributed by atoms with Crippen molar-refractivity contribution in [2.75, 3.05) is 4.90 Å². The molecule has 0 aliphatic carbocycles. The lowest BCUT2D eigenvalue weighted by Crippen LogP contribution is -2.29. The van der Waals surface area contributed by atoms with Crippen LogP contribution < -0.4 is 15.0 Å². The average Bonchev–Trinajstić information content (AvgIpc) is 3.56. The maximum atomic E-state index is 6.43. The highest BCUT2D eigenvalue weighted by atomic mass is 32.1. The second-order valence-corrected chi connectivity index (χ2v) is 9.31. The summed E-state index contributed by atoms with van der Waals surface area (Å²) >= 11 is 5.85. The van der Waals surface area contributed by atoms with Gasteiger partial charge in [0.25, 0.3) is 0 Å². The van der Waals surface area contributed by atoms with Crippen LogP contribution in [-0.4, -0.2) is 10.1 Å². The number of ether oxygens (including phenoxy) is 1. The van der Waals surface area contributed by atoms with Gasteiger partial charge in [0, 0.05) is 17.4 Å². The van der Waals surface area contributed by atoms with Gasteiger partial charge in [-0.1, -0.05) is 54.6 Å². The molecule has 2 atom stereocenters. The van der Waals surface area contributed by atoms with Gasteiger partial charge in [-0.15, -0.1) is 0 Å².